The van der Waals surface area contributed by atoms with Gasteiger partial charge >= 0.3 is 0 Å². The lowest BCUT2D eigenvalue weighted by Gasteiger charge is -2.38. The third-order valence-electron chi connectivity index (χ3n) is 2.80. The second-order valence-electron chi connectivity index (χ2n) is 3.47. The minimum atomic E-state index is -1.67. The van der Waals surface area contributed by atoms with Gasteiger partial charge in [0.05, 0.1) is 0 Å². The third-order valence-corrected chi connectivity index (χ3v) is 2.80. The molecule has 0 radical (unpaired) electrons. The van der Waals surface area contributed by atoms with Crippen LogP contribution in [0.2, 0.25) is 0 Å². The van der Waals surface area contributed by atoms with Gasteiger partial charge in [0.1, 0.15) is 0 Å². The van der Waals surface area contributed by atoms with Crippen LogP contribution in [0.15, 0.2) is 0 Å². The van der Waals surface area contributed by atoms with Crippen molar-refractivity contribution in [2.45, 2.75) is 37.1 Å². The lowest BCUT2D eigenvalue weighted by atomic mass is 9.83. The number of methoxy groups -OCH3 is 2. The lowest BCUT2D eigenvalue weighted by molar-refractivity contribution is -0.233. The summed E-state index contributed by atoms with van der Waals surface area (Å²) in [6.45, 7) is 0. The molecule has 3 nitrogen and oxygen atoms in total. The molecular weight excluding hydrogens is 175 g/mol. The number of aldehydes is 1. The molecule has 1 fully saturated rings. The summed E-state index contributed by atoms with van der Waals surface area (Å²) in [5.41, 5.74) is -1.67. The number of hydrogen-bond donors (Lipinski definition) is 0. The second-order valence-corrected chi connectivity index (χ2v) is 3.47. The van der Waals surface area contributed by atoms with E-state index < -0.39 is 11.5 Å². The average Bonchev–Trinajstić information content (AvgIpc) is 2.20. The van der Waals surface area contributed by atoms with Crippen LogP contribution in [0.25, 0.3) is 0 Å². The molecule has 4 heteroatoms. The Bertz CT molecular complexity index is 179. The first kappa shape index (κ1) is 10.6. The van der Waals surface area contributed by atoms with Crippen LogP contribution in [0, 0.1) is 0 Å². The monoisotopic (exact) mass is 190 g/mol. The summed E-state index contributed by atoms with van der Waals surface area (Å²) in [7, 11) is 3.07. The van der Waals surface area contributed by atoms with Gasteiger partial charge in [-0.2, -0.15) is 0 Å². The topological polar surface area (TPSA) is 35.5 Å². The lowest BCUT2D eigenvalue weighted by Crippen LogP contribution is -2.43. The molecule has 0 amide bonds. The van der Waals surface area contributed by atoms with Gasteiger partial charge in [-0.05, 0) is 12.8 Å². The minimum absolute atomic E-state index is 0.179. The van der Waals surface area contributed by atoms with Gasteiger partial charge in [0.2, 0.25) is 0 Å². The van der Waals surface area contributed by atoms with Crippen molar-refractivity contribution in [1.29, 1.82) is 0 Å². The summed E-state index contributed by atoms with van der Waals surface area (Å²) in [6.07, 6.45) is 1.60. The fraction of sp³-hybridized carbons (Fsp3) is 0.889. The Morgan fingerprint density at radius 3 is 1.92 bits per heavy atom. The molecule has 13 heavy (non-hydrogen) atoms. The second kappa shape index (κ2) is 3.72. The van der Waals surface area contributed by atoms with Gasteiger partial charge in [-0.25, -0.2) is 4.39 Å². The SMILES string of the molecule is COC1(OC)CCC(F)(C=O)CC1. The Balaban J connectivity index is 2.59. The number of carbonyl (C=O) groups excluding carboxylic acids is 1. The van der Waals surface area contributed by atoms with E-state index >= 15 is 0 Å². The molecule has 1 rings (SSSR count). The zero-order valence-electron chi connectivity index (χ0n) is 8.01. The van der Waals surface area contributed by atoms with Crippen molar-refractivity contribution in [2.75, 3.05) is 14.2 Å². The summed E-state index contributed by atoms with van der Waals surface area (Å²) in [5, 5.41) is 0. The van der Waals surface area contributed by atoms with Crippen molar-refractivity contribution in [3.05, 3.63) is 0 Å². The van der Waals surface area contributed by atoms with E-state index in [1.807, 2.05) is 0 Å². The van der Waals surface area contributed by atoms with Crippen LogP contribution in [-0.2, 0) is 14.3 Å². The molecule has 76 valence electrons. The first-order valence-corrected chi connectivity index (χ1v) is 4.35. The Morgan fingerprint density at radius 1 is 1.15 bits per heavy atom. The summed E-state index contributed by atoms with van der Waals surface area (Å²) >= 11 is 0. The maximum absolute atomic E-state index is 13.4. The van der Waals surface area contributed by atoms with Crippen LogP contribution in [0.4, 0.5) is 4.39 Å². The average molecular weight is 190 g/mol. The van der Waals surface area contributed by atoms with Crippen molar-refractivity contribution < 1.29 is 18.7 Å². The van der Waals surface area contributed by atoms with E-state index in [0.29, 0.717) is 19.1 Å². The summed E-state index contributed by atoms with van der Waals surface area (Å²) in [5.74, 6) is -0.682. The molecule has 0 atom stereocenters. The number of hydrogen-bond acceptors (Lipinski definition) is 3. The Hall–Kier alpha value is -0.480. The molecule has 0 aromatic heterocycles. The van der Waals surface area contributed by atoms with Crippen LogP contribution in [-0.4, -0.2) is 32.0 Å². The first-order chi connectivity index (χ1) is 6.10. The molecule has 0 heterocycles. The zero-order valence-corrected chi connectivity index (χ0v) is 8.01. The fourth-order valence-electron chi connectivity index (χ4n) is 1.66. The van der Waals surface area contributed by atoms with Crippen LogP contribution >= 0.6 is 0 Å². The van der Waals surface area contributed by atoms with Gasteiger partial charge < -0.3 is 9.47 Å². The van der Waals surface area contributed by atoms with Crippen molar-refractivity contribution in [3.63, 3.8) is 0 Å². The van der Waals surface area contributed by atoms with E-state index in [9.17, 15) is 9.18 Å². The number of halogens is 1. The summed E-state index contributed by atoms with van der Waals surface area (Å²) in [6, 6.07) is 0. The van der Waals surface area contributed by atoms with Crippen molar-refractivity contribution in [3.8, 4) is 0 Å². The van der Waals surface area contributed by atoms with Gasteiger partial charge in [-0.1, -0.05) is 0 Å². The molecule has 0 aromatic carbocycles. The van der Waals surface area contributed by atoms with Crippen LogP contribution in [0.1, 0.15) is 25.7 Å². The van der Waals surface area contributed by atoms with Crippen LogP contribution < -0.4 is 0 Å². The number of ether oxygens (including phenoxy) is 2. The van der Waals surface area contributed by atoms with E-state index in [1.54, 1.807) is 0 Å². The number of alkyl halides is 1. The Morgan fingerprint density at radius 2 is 1.62 bits per heavy atom. The number of carbonyl (C=O) groups is 1. The summed E-state index contributed by atoms with van der Waals surface area (Å²) < 4.78 is 23.8. The van der Waals surface area contributed by atoms with Gasteiger partial charge in [0, 0.05) is 27.1 Å². The van der Waals surface area contributed by atoms with Crippen molar-refractivity contribution in [2.24, 2.45) is 0 Å². The highest BCUT2D eigenvalue weighted by Gasteiger charge is 2.43. The van der Waals surface area contributed by atoms with E-state index in [1.165, 1.54) is 14.2 Å². The van der Waals surface area contributed by atoms with Crippen LogP contribution in [0.5, 0.6) is 0 Å². The van der Waals surface area contributed by atoms with Gasteiger partial charge in [0.15, 0.2) is 17.7 Å². The quantitative estimate of drug-likeness (QED) is 0.499. The standard InChI is InChI=1S/C9H15FO3/c1-12-9(13-2)5-3-8(10,7-11)4-6-9/h7H,3-6H2,1-2H3. The van der Waals surface area contributed by atoms with Crippen LogP contribution in [0.3, 0.4) is 0 Å². The predicted molar refractivity (Wildman–Crippen MR) is 45.1 cm³/mol. The molecule has 0 saturated heterocycles. The minimum Gasteiger partial charge on any atom is -0.353 e. The molecule has 1 aliphatic carbocycles. The number of rotatable bonds is 3. The molecule has 0 aromatic rings. The zero-order chi connectivity index (χ0) is 9.95. The molecule has 1 saturated carbocycles. The van der Waals surface area contributed by atoms with E-state index in [0.717, 1.165) is 0 Å². The van der Waals surface area contributed by atoms with Crippen molar-refractivity contribution in [1.82, 2.24) is 0 Å². The molecule has 0 N–H and O–H groups in total. The fourth-order valence-corrected chi connectivity index (χ4v) is 1.66. The summed E-state index contributed by atoms with van der Waals surface area (Å²) in [4.78, 5) is 10.4. The van der Waals surface area contributed by atoms with Gasteiger partial charge in [0.25, 0.3) is 0 Å². The van der Waals surface area contributed by atoms with E-state index in [2.05, 4.69) is 0 Å². The highest BCUT2D eigenvalue weighted by atomic mass is 19.1. The van der Waals surface area contributed by atoms with Crippen molar-refractivity contribution >= 4 is 6.29 Å². The van der Waals surface area contributed by atoms with E-state index in [4.69, 9.17) is 9.47 Å². The third kappa shape index (κ3) is 2.06. The van der Waals surface area contributed by atoms with E-state index in [-0.39, 0.29) is 12.8 Å². The maximum Gasteiger partial charge on any atom is 0.167 e. The molecule has 1 aliphatic rings. The van der Waals surface area contributed by atoms with Gasteiger partial charge in [-0.3, -0.25) is 4.79 Å². The Kier molecular flexibility index (Phi) is 3.03. The molecule has 0 spiro atoms. The largest absolute Gasteiger partial charge is 0.353 e. The predicted octanol–water partition coefficient (Wildman–Crippen LogP) is 1.46. The molecular formula is C9H15FO3. The Labute approximate surface area is 77.2 Å². The molecule has 0 aliphatic heterocycles. The molecule has 0 unspecified atom stereocenters. The highest BCUT2D eigenvalue weighted by Crippen LogP contribution is 2.38. The first-order valence-electron chi connectivity index (χ1n) is 4.35. The van der Waals surface area contributed by atoms with Gasteiger partial charge in [-0.15, -0.1) is 0 Å². The smallest absolute Gasteiger partial charge is 0.167 e. The highest BCUT2D eigenvalue weighted by molar-refractivity contribution is 5.62. The molecule has 0 bridgehead atoms. The maximum atomic E-state index is 13.4. The normalized spacial score (nSPS) is 25.5.